The summed E-state index contributed by atoms with van der Waals surface area (Å²) in [4.78, 5) is 4.30. The van der Waals surface area contributed by atoms with E-state index in [4.69, 9.17) is 0 Å². The summed E-state index contributed by atoms with van der Waals surface area (Å²) in [6, 6.07) is 6.95. The van der Waals surface area contributed by atoms with E-state index in [-0.39, 0.29) is 16.7 Å². The molecule has 2 unspecified atom stereocenters. The van der Waals surface area contributed by atoms with Gasteiger partial charge in [0, 0.05) is 0 Å². The minimum absolute atomic E-state index is 0.166. The number of sulfonamides is 1. The number of hydrogen-bond acceptors (Lipinski definition) is 6. The van der Waals surface area contributed by atoms with Crippen molar-refractivity contribution in [3.8, 4) is 0 Å². The molecule has 1 aromatic carbocycles. The molecule has 2 atom stereocenters. The van der Waals surface area contributed by atoms with Crippen LogP contribution in [0.4, 0.5) is 5.69 Å². The van der Waals surface area contributed by atoms with E-state index < -0.39 is 26.1 Å². The van der Waals surface area contributed by atoms with Crippen LogP contribution in [0, 0.1) is 0 Å². The Morgan fingerprint density at radius 1 is 1.38 bits per heavy atom. The van der Waals surface area contributed by atoms with Crippen molar-refractivity contribution in [2.75, 3.05) is 4.72 Å². The molecule has 1 aliphatic rings. The number of thiol groups is 1. The molecule has 24 heavy (non-hydrogen) atoms. The van der Waals surface area contributed by atoms with Gasteiger partial charge in [-0.1, -0.05) is 18.2 Å². The van der Waals surface area contributed by atoms with Crippen LogP contribution in [-0.4, -0.2) is 34.0 Å². The van der Waals surface area contributed by atoms with E-state index in [0.717, 1.165) is 0 Å². The fourth-order valence-electron chi connectivity index (χ4n) is 1.99. The Morgan fingerprint density at radius 2 is 2.00 bits per heavy atom. The third kappa shape index (κ3) is 4.31. The van der Waals surface area contributed by atoms with Crippen molar-refractivity contribution < 1.29 is 12.6 Å². The highest BCUT2D eigenvalue weighted by Crippen LogP contribution is 2.25. The zero-order valence-electron chi connectivity index (χ0n) is 14.1. The normalized spacial score (nSPS) is 21.2. The first kappa shape index (κ1) is 19.3. The molecule has 6 nitrogen and oxygen atoms in total. The molecule has 0 saturated heterocycles. The van der Waals surface area contributed by atoms with Gasteiger partial charge in [0.15, 0.2) is 5.17 Å². The highest BCUT2D eigenvalue weighted by Gasteiger charge is 2.35. The smallest absolute Gasteiger partial charge is 0.235 e. The van der Waals surface area contributed by atoms with E-state index in [1.54, 1.807) is 38.1 Å². The Bertz CT molecular complexity index is 773. The number of para-hydroxylation sites is 1. The van der Waals surface area contributed by atoms with E-state index in [0.29, 0.717) is 16.4 Å². The van der Waals surface area contributed by atoms with Gasteiger partial charge >= 0.3 is 0 Å². The van der Waals surface area contributed by atoms with Crippen LogP contribution in [0.15, 0.2) is 29.3 Å². The average molecular weight is 390 g/mol. The summed E-state index contributed by atoms with van der Waals surface area (Å²) in [5.74, 6) is 0.166. The number of amidine groups is 1. The third-order valence-electron chi connectivity index (χ3n) is 3.71. The number of aliphatic imine (C=N–C) groups is 1. The van der Waals surface area contributed by atoms with E-state index >= 15 is 0 Å². The van der Waals surface area contributed by atoms with Crippen LogP contribution < -0.4 is 10.0 Å². The van der Waals surface area contributed by atoms with Gasteiger partial charge < -0.3 is 5.32 Å². The summed E-state index contributed by atoms with van der Waals surface area (Å²) in [6.45, 7) is 7.08. The molecule has 0 radical (unpaired) electrons. The maximum atomic E-state index is 12.6. The molecule has 0 aromatic heterocycles. The molecule has 9 heteroatoms. The first-order chi connectivity index (χ1) is 11.0. The first-order valence-corrected chi connectivity index (χ1v) is 10.9. The van der Waals surface area contributed by atoms with Crippen molar-refractivity contribution in [1.82, 2.24) is 5.32 Å². The molecule has 1 aromatic rings. The van der Waals surface area contributed by atoms with Gasteiger partial charge in [-0.3, -0.25) is 8.93 Å². The van der Waals surface area contributed by atoms with E-state index in [1.807, 2.05) is 13.8 Å². The van der Waals surface area contributed by atoms with E-state index in [2.05, 4.69) is 27.7 Å². The SMILES string of the molecule is CC(C)S(=O)(=O)Nc1ccccc1CS(=O)C1=NC(S)C(C)(C)N1. The second-order valence-electron chi connectivity index (χ2n) is 6.50. The largest absolute Gasteiger partial charge is 0.355 e. The highest BCUT2D eigenvalue weighted by molar-refractivity contribution is 7.99. The first-order valence-electron chi connectivity index (χ1n) is 7.55. The summed E-state index contributed by atoms with van der Waals surface area (Å²) >= 11 is 4.38. The summed E-state index contributed by atoms with van der Waals surface area (Å²) in [5.41, 5.74) is 0.733. The van der Waals surface area contributed by atoms with E-state index in [1.165, 1.54) is 0 Å². The molecule has 0 bridgehead atoms. The number of hydrogen-bond donors (Lipinski definition) is 3. The number of nitrogens with zero attached hydrogens (tertiary/aromatic N) is 1. The van der Waals surface area contributed by atoms with Crippen molar-refractivity contribution in [3.05, 3.63) is 29.8 Å². The topological polar surface area (TPSA) is 87.6 Å². The second kappa shape index (κ2) is 7.05. The molecule has 0 saturated carbocycles. The van der Waals surface area contributed by atoms with Gasteiger partial charge in [0.2, 0.25) is 10.0 Å². The van der Waals surface area contributed by atoms with Crippen LogP contribution in [0.2, 0.25) is 0 Å². The van der Waals surface area contributed by atoms with Crippen LogP contribution in [0.1, 0.15) is 33.3 Å². The van der Waals surface area contributed by atoms with Gasteiger partial charge in [-0.25, -0.2) is 13.4 Å². The lowest BCUT2D eigenvalue weighted by molar-refractivity contribution is 0.484. The van der Waals surface area contributed by atoms with Crippen molar-refractivity contribution >= 4 is 44.3 Å². The third-order valence-corrected chi connectivity index (χ3v) is 7.43. The maximum absolute atomic E-state index is 12.6. The molecular weight excluding hydrogens is 366 g/mol. The number of anilines is 1. The molecule has 134 valence electrons. The van der Waals surface area contributed by atoms with Gasteiger partial charge in [0.1, 0.15) is 5.37 Å². The lowest BCUT2D eigenvalue weighted by Crippen LogP contribution is -2.43. The predicted molar refractivity (Wildman–Crippen MR) is 103 cm³/mol. The quantitative estimate of drug-likeness (QED) is 0.673. The zero-order valence-corrected chi connectivity index (χ0v) is 16.6. The monoisotopic (exact) mass is 389 g/mol. The fourth-order valence-corrected chi connectivity index (χ4v) is 4.26. The summed E-state index contributed by atoms with van der Waals surface area (Å²) in [6.07, 6.45) is 0. The number of nitrogens with one attached hydrogen (secondary N) is 2. The average Bonchev–Trinajstić information content (AvgIpc) is 2.74. The Labute approximate surface area is 151 Å². The van der Waals surface area contributed by atoms with Crippen LogP contribution in [-0.2, 0) is 26.6 Å². The minimum Gasteiger partial charge on any atom is -0.355 e. The van der Waals surface area contributed by atoms with Crippen molar-refractivity contribution in [3.63, 3.8) is 0 Å². The Kier molecular flexibility index (Phi) is 5.66. The Morgan fingerprint density at radius 3 is 2.54 bits per heavy atom. The van der Waals surface area contributed by atoms with Gasteiger partial charge in [-0.15, -0.1) is 0 Å². The van der Waals surface area contributed by atoms with Gasteiger partial charge in [-0.05, 0) is 39.3 Å². The molecule has 0 aliphatic carbocycles. The van der Waals surface area contributed by atoms with Gasteiger partial charge in [0.25, 0.3) is 0 Å². The molecule has 2 N–H and O–H groups in total. The van der Waals surface area contributed by atoms with Crippen LogP contribution in [0.5, 0.6) is 0 Å². The lowest BCUT2D eigenvalue weighted by atomic mass is 10.1. The fraction of sp³-hybridized carbons (Fsp3) is 0.533. The molecule has 2 rings (SSSR count). The Balaban J connectivity index is 2.20. The van der Waals surface area contributed by atoms with Crippen molar-refractivity contribution in [2.45, 2.75) is 49.6 Å². The molecule has 1 aliphatic heterocycles. The molecular formula is C15H23N3O3S3. The highest BCUT2D eigenvalue weighted by atomic mass is 32.2. The minimum atomic E-state index is -3.46. The maximum Gasteiger partial charge on any atom is 0.235 e. The summed E-state index contributed by atoms with van der Waals surface area (Å²) in [5, 5.41) is 2.69. The number of benzene rings is 1. The molecule has 0 fully saturated rings. The summed E-state index contributed by atoms with van der Waals surface area (Å²) in [7, 11) is -4.87. The number of rotatable bonds is 5. The van der Waals surface area contributed by atoms with Crippen LogP contribution in [0.25, 0.3) is 0 Å². The van der Waals surface area contributed by atoms with Crippen molar-refractivity contribution in [2.24, 2.45) is 4.99 Å². The standard InChI is InChI=1S/C15H23N3O3S3/c1-10(2)24(20,21)18-12-8-6-5-7-11(12)9-23(19)14-16-13(22)15(3,4)17-14/h5-8,10,13,18,22H,9H2,1-4H3,(H,16,17). The predicted octanol–water partition coefficient (Wildman–Crippen LogP) is 2.08. The van der Waals surface area contributed by atoms with Gasteiger partial charge in [-0.2, -0.15) is 12.6 Å². The second-order valence-corrected chi connectivity index (χ2v) is 10.6. The lowest BCUT2D eigenvalue weighted by Gasteiger charge is -2.22. The van der Waals surface area contributed by atoms with Crippen LogP contribution >= 0.6 is 12.6 Å². The van der Waals surface area contributed by atoms with Gasteiger partial charge in [0.05, 0.1) is 33.0 Å². The van der Waals surface area contributed by atoms with E-state index in [9.17, 15) is 12.6 Å². The van der Waals surface area contributed by atoms with Crippen molar-refractivity contribution in [1.29, 1.82) is 0 Å². The zero-order chi connectivity index (χ0) is 18.1. The molecule has 0 amide bonds. The molecule has 1 heterocycles. The van der Waals surface area contributed by atoms with Crippen LogP contribution in [0.3, 0.4) is 0 Å². The Hall–Kier alpha value is -1.06. The summed E-state index contributed by atoms with van der Waals surface area (Å²) < 4.78 is 39.4. The molecule has 0 spiro atoms.